The van der Waals surface area contributed by atoms with Crippen LogP contribution in [0.3, 0.4) is 0 Å². The molecule has 6 nitrogen and oxygen atoms in total. The van der Waals surface area contributed by atoms with Gasteiger partial charge in [0.05, 0.1) is 9.92 Å². The summed E-state index contributed by atoms with van der Waals surface area (Å²) in [5, 5.41) is 2.65. The monoisotopic (exact) mass is 388 g/mol. The van der Waals surface area contributed by atoms with Gasteiger partial charge >= 0.3 is 6.03 Å². The lowest BCUT2D eigenvalue weighted by Gasteiger charge is -2.14. The van der Waals surface area contributed by atoms with Crippen LogP contribution >= 0.6 is 11.6 Å². The van der Waals surface area contributed by atoms with Crippen LogP contribution in [0, 0.1) is 6.92 Å². The molecule has 0 atom stereocenters. The molecule has 1 aromatic rings. The van der Waals surface area contributed by atoms with E-state index < -0.39 is 16.1 Å². The van der Waals surface area contributed by atoms with Gasteiger partial charge in [0, 0.05) is 18.5 Å². The second kappa shape index (κ2) is 9.77. The number of Topliss-reactive ketones (excluding diaryl/α,β-unsaturated/α-hetero) is 1. The summed E-state index contributed by atoms with van der Waals surface area (Å²) in [7, 11) is -4.09. The predicted molar refractivity (Wildman–Crippen MR) is 98.7 cm³/mol. The number of halogens is 1. The minimum atomic E-state index is -4.09. The first-order chi connectivity index (χ1) is 11.7. The van der Waals surface area contributed by atoms with Crippen LogP contribution in [0.5, 0.6) is 0 Å². The molecule has 0 unspecified atom stereocenters. The van der Waals surface area contributed by atoms with E-state index in [0.717, 1.165) is 19.3 Å². The highest BCUT2D eigenvalue weighted by molar-refractivity contribution is 7.90. The van der Waals surface area contributed by atoms with Crippen molar-refractivity contribution >= 4 is 33.4 Å². The zero-order chi connectivity index (χ0) is 19.0. The van der Waals surface area contributed by atoms with E-state index in [1.165, 1.54) is 19.1 Å². The van der Waals surface area contributed by atoms with Gasteiger partial charge in [-0.25, -0.2) is 17.9 Å². The number of rotatable bonds is 9. The van der Waals surface area contributed by atoms with Crippen LogP contribution in [-0.2, 0) is 10.0 Å². The third-order valence-corrected chi connectivity index (χ3v) is 5.49. The van der Waals surface area contributed by atoms with Gasteiger partial charge in [-0.15, -0.1) is 0 Å². The Morgan fingerprint density at radius 2 is 1.80 bits per heavy atom. The van der Waals surface area contributed by atoms with E-state index >= 15 is 0 Å². The summed E-state index contributed by atoms with van der Waals surface area (Å²) >= 11 is 6.12. The first-order valence-corrected chi connectivity index (χ1v) is 10.2. The molecule has 0 aliphatic carbocycles. The number of urea groups is 1. The smallest absolute Gasteiger partial charge is 0.328 e. The Kier molecular flexibility index (Phi) is 8.38. The molecule has 0 saturated heterocycles. The van der Waals surface area contributed by atoms with Crippen molar-refractivity contribution in [3.05, 3.63) is 28.3 Å². The molecule has 0 heterocycles. The van der Waals surface area contributed by atoms with Crippen molar-refractivity contribution < 1.29 is 18.0 Å². The van der Waals surface area contributed by atoms with Crippen LogP contribution in [0.25, 0.3) is 0 Å². The Labute approximate surface area is 154 Å². The number of amides is 2. The molecule has 0 spiro atoms. The molecule has 2 amide bonds. The predicted octanol–water partition coefficient (Wildman–Crippen LogP) is 3.81. The van der Waals surface area contributed by atoms with Crippen molar-refractivity contribution in [3.63, 3.8) is 0 Å². The maximum Gasteiger partial charge on any atom is 0.328 e. The number of carbonyl (C=O) groups is 2. The minimum Gasteiger partial charge on any atom is -0.337 e. The number of hydrogen-bond acceptors (Lipinski definition) is 4. The molecule has 0 aromatic heterocycles. The fraction of sp³-hybridized carbons (Fsp3) is 0.529. The largest absolute Gasteiger partial charge is 0.337 e. The van der Waals surface area contributed by atoms with E-state index in [1.807, 2.05) is 18.6 Å². The van der Waals surface area contributed by atoms with Gasteiger partial charge in [0.15, 0.2) is 5.78 Å². The fourth-order valence-electron chi connectivity index (χ4n) is 2.41. The topological polar surface area (TPSA) is 92.3 Å². The standard InChI is InChI=1S/C17H25ClN2O4S/c1-4-6-7-8-14(21)16-12(3)15(10-9-13(16)18)25(23,24)20-17(22)19-11-5-2/h9-10H,4-8,11H2,1-3H3,(H2,19,20,22). The van der Waals surface area contributed by atoms with Gasteiger partial charge < -0.3 is 5.32 Å². The normalized spacial score (nSPS) is 11.2. The van der Waals surface area contributed by atoms with Crippen LogP contribution in [-0.4, -0.2) is 26.8 Å². The molecule has 0 radical (unpaired) electrons. The SMILES string of the molecule is CCCCCC(=O)c1c(Cl)ccc(S(=O)(=O)NC(=O)NCCC)c1C. The summed E-state index contributed by atoms with van der Waals surface area (Å²) in [6, 6.07) is 1.88. The number of hydrogen-bond donors (Lipinski definition) is 2. The van der Waals surface area contributed by atoms with Gasteiger partial charge in [0.1, 0.15) is 0 Å². The summed E-state index contributed by atoms with van der Waals surface area (Å²) in [4.78, 5) is 24.0. The highest BCUT2D eigenvalue weighted by Crippen LogP contribution is 2.27. The molecule has 1 aromatic carbocycles. The van der Waals surface area contributed by atoms with Crippen molar-refractivity contribution in [3.8, 4) is 0 Å². The Morgan fingerprint density at radius 3 is 2.40 bits per heavy atom. The van der Waals surface area contributed by atoms with Gasteiger partial charge in [-0.2, -0.15) is 0 Å². The van der Waals surface area contributed by atoms with Crippen LogP contribution in [0.2, 0.25) is 5.02 Å². The third kappa shape index (κ3) is 6.01. The molecule has 0 aliphatic heterocycles. The number of carbonyl (C=O) groups excluding carboxylic acids is 2. The number of unbranched alkanes of at least 4 members (excludes halogenated alkanes) is 2. The van der Waals surface area contributed by atoms with Gasteiger partial charge in [0.25, 0.3) is 10.0 Å². The van der Waals surface area contributed by atoms with Crippen LogP contribution < -0.4 is 10.0 Å². The fourth-order valence-corrected chi connectivity index (χ4v) is 3.89. The molecular weight excluding hydrogens is 364 g/mol. The lowest BCUT2D eigenvalue weighted by molar-refractivity contribution is 0.0978. The summed E-state index contributed by atoms with van der Waals surface area (Å²) in [6.45, 7) is 5.78. The molecule has 2 N–H and O–H groups in total. The molecule has 1 rings (SSSR count). The average molecular weight is 389 g/mol. The van der Waals surface area contributed by atoms with E-state index in [0.29, 0.717) is 19.4 Å². The lowest BCUT2D eigenvalue weighted by atomic mass is 10.0. The van der Waals surface area contributed by atoms with Gasteiger partial charge in [-0.3, -0.25) is 4.79 Å². The van der Waals surface area contributed by atoms with Crippen molar-refractivity contribution in [2.24, 2.45) is 0 Å². The van der Waals surface area contributed by atoms with Crippen LogP contribution in [0.4, 0.5) is 4.79 Å². The minimum absolute atomic E-state index is 0.123. The quantitative estimate of drug-likeness (QED) is 0.497. The Morgan fingerprint density at radius 1 is 1.12 bits per heavy atom. The second-order valence-electron chi connectivity index (χ2n) is 5.79. The summed E-state index contributed by atoms with van der Waals surface area (Å²) in [5.74, 6) is -0.191. The number of benzene rings is 1. The van der Waals surface area contributed by atoms with Crippen LogP contribution in [0.1, 0.15) is 61.9 Å². The summed E-state index contributed by atoms with van der Waals surface area (Å²) in [6.07, 6.45) is 3.61. The second-order valence-corrected chi connectivity index (χ2v) is 7.85. The molecule has 0 fully saturated rings. The van der Waals surface area contributed by atoms with Gasteiger partial charge in [-0.05, 0) is 37.5 Å². The van der Waals surface area contributed by atoms with E-state index in [2.05, 4.69) is 5.32 Å². The zero-order valence-electron chi connectivity index (χ0n) is 14.8. The van der Waals surface area contributed by atoms with Crippen molar-refractivity contribution in [2.75, 3.05) is 6.54 Å². The first-order valence-electron chi connectivity index (χ1n) is 8.37. The number of nitrogens with one attached hydrogen (secondary N) is 2. The first kappa shape index (κ1) is 21.4. The maximum atomic E-state index is 12.4. The molecule has 8 heteroatoms. The van der Waals surface area contributed by atoms with Crippen molar-refractivity contribution in [2.45, 2.75) is 57.8 Å². The van der Waals surface area contributed by atoms with E-state index in [4.69, 9.17) is 11.6 Å². The maximum absolute atomic E-state index is 12.4. The molecule has 0 bridgehead atoms. The molecule has 0 saturated carbocycles. The Hall–Kier alpha value is -1.60. The van der Waals surface area contributed by atoms with Crippen molar-refractivity contribution in [1.29, 1.82) is 0 Å². The molecular formula is C17H25ClN2O4S. The van der Waals surface area contributed by atoms with Crippen LogP contribution in [0.15, 0.2) is 17.0 Å². The number of ketones is 1. The molecule has 140 valence electrons. The number of sulfonamides is 1. The van der Waals surface area contributed by atoms with E-state index in [1.54, 1.807) is 0 Å². The highest BCUT2D eigenvalue weighted by Gasteiger charge is 2.24. The zero-order valence-corrected chi connectivity index (χ0v) is 16.4. The summed E-state index contributed by atoms with van der Waals surface area (Å²) in [5.41, 5.74) is 0.458. The Balaban J connectivity index is 3.11. The van der Waals surface area contributed by atoms with Gasteiger partial charge in [-0.1, -0.05) is 38.3 Å². The van der Waals surface area contributed by atoms with Crippen molar-refractivity contribution in [1.82, 2.24) is 10.0 Å². The van der Waals surface area contributed by atoms with E-state index in [-0.39, 0.29) is 26.8 Å². The molecule has 25 heavy (non-hydrogen) atoms. The highest BCUT2D eigenvalue weighted by atomic mass is 35.5. The lowest BCUT2D eigenvalue weighted by Crippen LogP contribution is -2.40. The summed E-state index contributed by atoms with van der Waals surface area (Å²) < 4.78 is 26.8. The Bertz CT molecular complexity index is 732. The van der Waals surface area contributed by atoms with Gasteiger partial charge in [0.2, 0.25) is 0 Å². The van der Waals surface area contributed by atoms with E-state index in [9.17, 15) is 18.0 Å². The molecule has 0 aliphatic rings. The average Bonchev–Trinajstić information content (AvgIpc) is 2.52. The third-order valence-electron chi connectivity index (χ3n) is 3.70.